The van der Waals surface area contributed by atoms with Gasteiger partial charge >= 0.3 is 0 Å². The molecule has 13 heavy (non-hydrogen) atoms. The second-order valence-corrected chi connectivity index (χ2v) is 3.18. The number of fused-ring (bicyclic) bond motifs is 3. The molecule has 0 N–H and O–H groups in total. The van der Waals surface area contributed by atoms with Crippen molar-refractivity contribution in [1.29, 1.82) is 0 Å². The van der Waals surface area contributed by atoms with Gasteiger partial charge in [-0.05, 0) is 0 Å². The maximum absolute atomic E-state index is 4.27. The van der Waals surface area contributed by atoms with Gasteiger partial charge in [0.2, 0.25) is 6.04 Å². The predicted molar refractivity (Wildman–Crippen MR) is 45.4 cm³/mol. The van der Waals surface area contributed by atoms with E-state index in [0.717, 1.165) is 11.4 Å². The first-order valence-corrected chi connectivity index (χ1v) is 4.27. The van der Waals surface area contributed by atoms with Gasteiger partial charge in [-0.1, -0.05) is 0 Å². The molecule has 4 nitrogen and oxygen atoms in total. The van der Waals surface area contributed by atoms with E-state index >= 15 is 0 Å². The molecule has 0 radical (unpaired) electrons. The van der Waals surface area contributed by atoms with Gasteiger partial charge in [0.15, 0.2) is 11.9 Å². The molecule has 4 heteroatoms. The normalized spacial score (nSPS) is 18.4. The number of rotatable bonds is 0. The molecule has 0 saturated heterocycles. The minimum Gasteiger partial charge on any atom is -0.242 e. The topological polar surface area (TPSA) is 34.6 Å². The molecule has 0 saturated carbocycles. The van der Waals surface area contributed by atoms with Crippen molar-refractivity contribution in [2.75, 3.05) is 0 Å². The molecule has 0 bridgehead atoms. The Morgan fingerprint density at radius 2 is 2.46 bits per heavy atom. The molecule has 2 aromatic heterocycles. The van der Waals surface area contributed by atoms with E-state index in [0.29, 0.717) is 6.04 Å². The zero-order valence-electron chi connectivity index (χ0n) is 7.25. The Morgan fingerprint density at radius 1 is 1.54 bits per heavy atom. The highest BCUT2D eigenvalue weighted by Crippen LogP contribution is 2.22. The minimum absolute atomic E-state index is 0.313. The fourth-order valence-electron chi connectivity index (χ4n) is 1.83. The van der Waals surface area contributed by atoms with E-state index in [1.54, 1.807) is 6.33 Å². The molecule has 0 spiro atoms. The van der Waals surface area contributed by atoms with Crippen molar-refractivity contribution in [2.24, 2.45) is 0 Å². The first kappa shape index (κ1) is 6.77. The standard InChI is InChI=1S/C9H9N4/c1-7-9-8(5-10-6-11-9)13-4-2-3-12(7)13/h2-7H,1H3/q+1. The van der Waals surface area contributed by atoms with Crippen LogP contribution in [0.2, 0.25) is 0 Å². The third-order valence-electron chi connectivity index (χ3n) is 2.48. The van der Waals surface area contributed by atoms with Gasteiger partial charge in [-0.2, -0.15) is 0 Å². The molecule has 0 aromatic carbocycles. The summed E-state index contributed by atoms with van der Waals surface area (Å²) in [4.78, 5) is 8.30. The highest BCUT2D eigenvalue weighted by molar-refractivity contribution is 5.34. The highest BCUT2D eigenvalue weighted by Gasteiger charge is 2.33. The Hall–Kier alpha value is -1.71. The summed E-state index contributed by atoms with van der Waals surface area (Å²) < 4.78 is 4.21. The fourth-order valence-corrected chi connectivity index (χ4v) is 1.83. The van der Waals surface area contributed by atoms with Gasteiger partial charge in [0, 0.05) is 13.0 Å². The van der Waals surface area contributed by atoms with Crippen molar-refractivity contribution in [2.45, 2.75) is 13.0 Å². The summed E-state index contributed by atoms with van der Waals surface area (Å²) in [5, 5.41) is 0. The summed E-state index contributed by atoms with van der Waals surface area (Å²) in [5.41, 5.74) is 2.18. The van der Waals surface area contributed by atoms with Crippen LogP contribution in [0.5, 0.6) is 0 Å². The summed E-state index contributed by atoms with van der Waals surface area (Å²) in [6.45, 7) is 2.13. The molecule has 64 valence electrons. The number of aromatic nitrogens is 4. The van der Waals surface area contributed by atoms with Crippen molar-refractivity contribution in [3.05, 3.63) is 36.7 Å². The minimum atomic E-state index is 0.313. The lowest BCUT2D eigenvalue weighted by Crippen LogP contribution is -2.39. The van der Waals surface area contributed by atoms with E-state index in [1.165, 1.54) is 0 Å². The van der Waals surface area contributed by atoms with Gasteiger partial charge in [0.25, 0.3) is 0 Å². The van der Waals surface area contributed by atoms with Crippen LogP contribution in [0.25, 0.3) is 5.69 Å². The summed E-state index contributed by atoms with van der Waals surface area (Å²) >= 11 is 0. The number of hydrogen-bond acceptors (Lipinski definition) is 2. The van der Waals surface area contributed by atoms with Crippen LogP contribution in [-0.2, 0) is 0 Å². The predicted octanol–water partition coefficient (Wildman–Crippen LogP) is 0.477. The van der Waals surface area contributed by atoms with E-state index in [4.69, 9.17) is 0 Å². The third kappa shape index (κ3) is 0.722. The molecule has 1 unspecified atom stereocenters. The van der Waals surface area contributed by atoms with Gasteiger partial charge in [0.1, 0.15) is 12.0 Å². The van der Waals surface area contributed by atoms with Crippen molar-refractivity contribution in [3.63, 3.8) is 0 Å². The average molecular weight is 173 g/mol. The van der Waals surface area contributed by atoms with Crippen LogP contribution >= 0.6 is 0 Å². The van der Waals surface area contributed by atoms with Crippen LogP contribution in [0.1, 0.15) is 18.7 Å². The third-order valence-corrected chi connectivity index (χ3v) is 2.48. The SMILES string of the molecule is CC1c2ncncc2-n2ccc[n+]21. The summed E-state index contributed by atoms with van der Waals surface area (Å²) in [6, 6.07) is 2.33. The van der Waals surface area contributed by atoms with E-state index in [-0.39, 0.29) is 0 Å². The van der Waals surface area contributed by atoms with E-state index in [2.05, 4.69) is 26.3 Å². The molecule has 3 rings (SSSR count). The Bertz CT molecular complexity index is 460. The molecular weight excluding hydrogens is 164 g/mol. The molecule has 0 fully saturated rings. The van der Waals surface area contributed by atoms with Crippen molar-refractivity contribution in [3.8, 4) is 5.69 Å². The zero-order valence-corrected chi connectivity index (χ0v) is 7.25. The van der Waals surface area contributed by atoms with E-state index in [9.17, 15) is 0 Å². The first-order valence-electron chi connectivity index (χ1n) is 4.27. The molecule has 1 aliphatic rings. The van der Waals surface area contributed by atoms with Gasteiger partial charge in [0.05, 0.1) is 12.4 Å². The van der Waals surface area contributed by atoms with Gasteiger partial charge in [-0.25, -0.2) is 9.97 Å². The summed E-state index contributed by atoms with van der Waals surface area (Å²) in [7, 11) is 0. The van der Waals surface area contributed by atoms with Crippen molar-refractivity contribution < 1.29 is 4.68 Å². The maximum atomic E-state index is 4.27. The molecule has 1 aliphatic heterocycles. The second kappa shape index (κ2) is 2.16. The molecule has 2 aromatic rings. The highest BCUT2D eigenvalue weighted by atomic mass is 15.4. The number of hydrogen-bond donors (Lipinski definition) is 0. The Kier molecular flexibility index (Phi) is 1.12. The van der Waals surface area contributed by atoms with Crippen LogP contribution in [-0.4, -0.2) is 14.6 Å². The van der Waals surface area contributed by atoms with E-state index in [1.807, 2.05) is 24.7 Å². The Morgan fingerprint density at radius 3 is 3.38 bits per heavy atom. The van der Waals surface area contributed by atoms with Crippen molar-refractivity contribution >= 4 is 0 Å². The molecule has 0 aliphatic carbocycles. The Balaban J connectivity index is 2.37. The van der Waals surface area contributed by atoms with Crippen LogP contribution in [0.4, 0.5) is 0 Å². The lowest BCUT2D eigenvalue weighted by molar-refractivity contribution is -0.771. The van der Waals surface area contributed by atoms with E-state index < -0.39 is 0 Å². The van der Waals surface area contributed by atoms with Crippen LogP contribution in [0.15, 0.2) is 31.0 Å². The average Bonchev–Trinajstić information content (AvgIpc) is 2.72. The van der Waals surface area contributed by atoms with Gasteiger partial charge in [-0.15, -0.1) is 9.36 Å². The van der Waals surface area contributed by atoms with Crippen LogP contribution in [0.3, 0.4) is 0 Å². The molecule has 1 atom stereocenters. The molecule has 0 amide bonds. The fraction of sp³-hybridized carbons (Fsp3) is 0.222. The van der Waals surface area contributed by atoms with Crippen molar-refractivity contribution in [1.82, 2.24) is 14.6 Å². The van der Waals surface area contributed by atoms with Crippen LogP contribution < -0.4 is 4.68 Å². The summed E-state index contributed by atoms with van der Waals surface area (Å²) in [6.07, 6.45) is 7.52. The van der Waals surface area contributed by atoms with Gasteiger partial charge in [-0.3, -0.25) is 0 Å². The van der Waals surface area contributed by atoms with Gasteiger partial charge < -0.3 is 0 Å². The smallest absolute Gasteiger partial charge is 0.223 e. The lowest BCUT2D eigenvalue weighted by Gasteiger charge is -1.93. The maximum Gasteiger partial charge on any atom is 0.223 e. The first-order chi connectivity index (χ1) is 6.38. The summed E-state index contributed by atoms with van der Waals surface area (Å²) in [5.74, 6) is 0. The largest absolute Gasteiger partial charge is 0.242 e. The van der Waals surface area contributed by atoms with Crippen LogP contribution in [0, 0.1) is 0 Å². The second-order valence-electron chi connectivity index (χ2n) is 3.18. The monoisotopic (exact) mass is 173 g/mol. The molecule has 3 heterocycles. The Labute approximate surface area is 75.5 Å². The zero-order chi connectivity index (χ0) is 8.84. The lowest BCUT2D eigenvalue weighted by atomic mass is 10.2. The number of nitrogens with zero attached hydrogens (tertiary/aromatic N) is 4. The quantitative estimate of drug-likeness (QED) is 0.543. The molecular formula is C9H9N4+.